The van der Waals surface area contributed by atoms with E-state index >= 15 is 0 Å². The fourth-order valence-corrected chi connectivity index (χ4v) is 1.96. The zero-order valence-electron chi connectivity index (χ0n) is 11.9. The average molecular weight is 291 g/mol. The van der Waals surface area contributed by atoms with Gasteiger partial charge in [-0.25, -0.2) is 9.78 Å². The number of hydrogen-bond acceptors (Lipinski definition) is 4. The molecule has 2 rings (SSSR count). The van der Waals surface area contributed by atoms with E-state index in [2.05, 4.69) is 9.97 Å². The molecule has 1 aromatic carbocycles. The normalized spacial score (nSPS) is 11.4. The van der Waals surface area contributed by atoms with Crippen LogP contribution in [-0.4, -0.2) is 28.7 Å². The van der Waals surface area contributed by atoms with Crippen molar-refractivity contribution in [2.24, 2.45) is 0 Å². The first kappa shape index (κ1) is 14.5. The smallest absolute Gasteiger partial charge is 0.415 e. The van der Waals surface area contributed by atoms with Gasteiger partial charge in [0.2, 0.25) is 0 Å². The molecule has 0 saturated heterocycles. The zero-order valence-corrected chi connectivity index (χ0v) is 12.7. The number of fused-ring (bicyclic) bond motifs is 1. The van der Waals surface area contributed by atoms with Crippen molar-refractivity contribution in [1.29, 1.82) is 0 Å². The lowest BCUT2D eigenvalue weighted by Crippen LogP contribution is -2.34. The minimum atomic E-state index is -0.557. The number of nitrogens with one attached hydrogen (secondary N) is 1. The Morgan fingerprint density at radius 1 is 1.35 bits per heavy atom. The molecule has 1 N–H and O–H groups in total. The number of H-pyrrole nitrogens is 1. The Bertz CT molecular complexity index is 703. The maximum absolute atomic E-state index is 12.1. The van der Waals surface area contributed by atoms with Crippen molar-refractivity contribution in [3.63, 3.8) is 0 Å². The Hall–Kier alpha value is -1.95. The van der Waals surface area contributed by atoms with Crippen LogP contribution in [0.25, 0.3) is 10.9 Å². The second kappa shape index (κ2) is 5.20. The first-order valence-corrected chi connectivity index (χ1v) is 6.64. The number of rotatable bonds is 1. The van der Waals surface area contributed by atoms with Gasteiger partial charge in [0, 0.05) is 12.4 Å². The lowest BCUT2D eigenvalue weighted by Gasteiger charge is -2.24. The summed E-state index contributed by atoms with van der Waals surface area (Å²) in [5.74, 6) is 0.485. The zero-order chi connectivity index (χ0) is 14.9. The summed E-state index contributed by atoms with van der Waals surface area (Å²) in [4.78, 5) is 20.7. The third kappa shape index (κ3) is 3.14. The molecule has 1 amide bonds. The number of hydrogen-bond donors (Lipinski definition) is 1. The number of carbonyl (C=O) groups is 1. The second-order valence-electron chi connectivity index (χ2n) is 5.45. The van der Waals surface area contributed by atoms with Crippen LogP contribution in [0.1, 0.15) is 20.8 Å². The summed E-state index contributed by atoms with van der Waals surface area (Å²) in [6, 6.07) is 7.54. The number of aromatic nitrogens is 2. The highest BCUT2D eigenvalue weighted by Crippen LogP contribution is 2.23. The summed E-state index contributed by atoms with van der Waals surface area (Å²) in [5.41, 5.74) is 0.275. The Morgan fingerprint density at radius 3 is 2.65 bits per heavy atom. The van der Waals surface area contributed by atoms with Crippen LogP contribution in [0.2, 0.25) is 0 Å². The van der Waals surface area contributed by atoms with Crippen molar-refractivity contribution in [1.82, 2.24) is 9.97 Å². The molecule has 1 aromatic heterocycles. The Kier molecular flexibility index (Phi) is 3.76. The molecule has 0 bridgehead atoms. The number of para-hydroxylation sites is 1. The van der Waals surface area contributed by atoms with Crippen molar-refractivity contribution < 1.29 is 9.53 Å². The maximum atomic E-state index is 12.1. The fraction of sp³-hybridized carbons (Fsp3) is 0.357. The summed E-state index contributed by atoms with van der Waals surface area (Å²) < 4.78 is 5.67. The number of ether oxygens (including phenoxy) is 1. The van der Waals surface area contributed by atoms with Crippen LogP contribution >= 0.6 is 12.2 Å². The first-order valence-electron chi connectivity index (χ1n) is 6.24. The SMILES string of the molecule is CN(C(=O)OC(C)(C)C)c1nc(=S)[nH]c2ccccc12. The van der Waals surface area contributed by atoms with E-state index in [-0.39, 0.29) is 0 Å². The molecule has 0 spiro atoms. The van der Waals surface area contributed by atoms with Crippen LogP contribution in [0.4, 0.5) is 10.6 Å². The van der Waals surface area contributed by atoms with Crippen molar-refractivity contribution >= 4 is 35.0 Å². The van der Waals surface area contributed by atoms with Crippen LogP contribution < -0.4 is 4.90 Å². The van der Waals surface area contributed by atoms with Gasteiger partial charge in [-0.2, -0.15) is 0 Å². The summed E-state index contributed by atoms with van der Waals surface area (Å²) in [6.45, 7) is 5.46. The van der Waals surface area contributed by atoms with E-state index < -0.39 is 11.7 Å². The monoisotopic (exact) mass is 291 g/mol. The molecule has 0 radical (unpaired) electrons. The standard InChI is InChI=1S/C14H17N3O2S/c1-14(2,3)19-13(18)17(4)11-9-7-5-6-8-10(9)15-12(20)16-11/h5-8H,1-4H3,(H,15,16,20). The fourth-order valence-electron chi connectivity index (χ4n) is 1.76. The molecule has 0 saturated carbocycles. The Balaban J connectivity index is 2.47. The van der Waals surface area contributed by atoms with Gasteiger partial charge in [0.1, 0.15) is 11.4 Å². The number of carbonyl (C=O) groups excluding carboxylic acids is 1. The third-order valence-electron chi connectivity index (χ3n) is 2.60. The molecule has 0 fully saturated rings. The number of benzene rings is 1. The van der Waals surface area contributed by atoms with Crippen molar-refractivity contribution in [2.75, 3.05) is 11.9 Å². The van der Waals surface area contributed by atoms with Gasteiger partial charge < -0.3 is 9.72 Å². The van der Waals surface area contributed by atoms with Crippen LogP contribution in [0.3, 0.4) is 0 Å². The van der Waals surface area contributed by atoms with Gasteiger partial charge in [-0.05, 0) is 45.1 Å². The predicted octanol–water partition coefficient (Wildman–Crippen LogP) is 3.66. The van der Waals surface area contributed by atoms with Crippen LogP contribution in [0, 0.1) is 4.77 Å². The third-order valence-corrected chi connectivity index (χ3v) is 2.80. The summed E-state index contributed by atoms with van der Waals surface area (Å²) in [5, 5.41) is 0.814. The molecule has 20 heavy (non-hydrogen) atoms. The van der Waals surface area contributed by atoms with Gasteiger partial charge in [-0.15, -0.1) is 0 Å². The summed E-state index contributed by atoms with van der Waals surface area (Å²) in [6.07, 6.45) is -0.462. The van der Waals surface area contributed by atoms with E-state index in [4.69, 9.17) is 17.0 Å². The molecular weight excluding hydrogens is 274 g/mol. The van der Waals surface area contributed by atoms with Crippen LogP contribution in [0.15, 0.2) is 24.3 Å². The quantitative estimate of drug-likeness (QED) is 0.815. The Morgan fingerprint density at radius 2 is 2.00 bits per heavy atom. The van der Waals surface area contributed by atoms with Gasteiger partial charge in [0.25, 0.3) is 0 Å². The highest BCUT2D eigenvalue weighted by molar-refractivity contribution is 7.71. The van der Waals surface area contributed by atoms with Gasteiger partial charge in [0.15, 0.2) is 4.77 Å². The van der Waals surface area contributed by atoms with Crippen molar-refractivity contribution in [3.05, 3.63) is 29.0 Å². The highest BCUT2D eigenvalue weighted by atomic mass is 32.1. The first-order chi connectivity index (χ1) is 9.28. The molecular formula is C14H17N3O2S. The minimum Gasteiger partial charge on any atom is -0.443 e. The summed E-state index contributed by atoms with van der Waals surface area (Å²) in [7, 11) is 1.62. The van der Waals surface area contributed by atoms with E-state index in [0.29, 0.717) is 10.6 Å². The molecule has 0 aliphatic rings. The summed E-state index contributed by atoms with van der Waals surface area (Å²) >= 11 is 5.10. The Labute approximate surface area is 122 Å². The van der Waals surface area contributed by atoms with Gasteiger partial charge >= 0.3 is 6.09 Å². The molecule has 106 valence electrons. The average Bonchev–Trinajstić information content (AvgIpc) is 2.34. The molecule has 2 aromatic rings. The molecule has 0 atom stereocenters. The van der Waals surface area contributed by atoms with Crippen LogP contribution in [0.5, 0.6) is 0 Å². The maximum Gasteiger partial charge on any atom is 0.415 e. The molecule has 6 heteroatoms. The van der Waals surface area contributed by atoms with Crippen LogP contribution in [-0.2, 0) is 4.74 Å². The van der Waals surface area contributed by atoms with Gasteiger partial charge in [-0.1, -0.05) is 12.1 Å². The number of anilines is 1. The lowest BCUT2D eigenvalue weighted by atomic mass is 10.2. The largest absolute Gasteiger partial charge is 0.443 e. The van der Waals surface area contributed by atoms with Gasteiger partial charge in [-0.3, -0.25) is 4.90 Å². The van der Waals surface area contributed by atoms with E-state index in [1.807, 2.05) is 45.0 Å². The molecule has 0 aliphatic heterocycles. The van der Waals surface area contributed by atoms with E-state index in [9.17, 15) is 4.79 Å². The van der Waals surface area contributed by atoms with E-state index in [0.717, 1.165) is 10.9 Å². The predicted molar refractivity (Wildman–Crippen MR) is 81.6 cm³/mol. The number of amides is 1. The van der Waals surface area contributed by atoms with Gasteiger partial charge in [0.05, 0.1) is 5.52 Å². The molecule has 5 nitrogen and oxygen atoms in total. The van der Waals surface area contributed by atoms with E-state index in [1.165, 1.54) is 4.90 Å². The minimum absolute atomic E-state index is 0.328. The molecule has 0 aliphatic carbocycles. The van der Waals surface area contributed by atoms with E-state index in [1.54, 1.807) is 7.05 Å². The topological polar surface area (TPSA) is 58.2 Å². The second-order valence-corrected chi connectivity index (χ2v) is 5.84. The number of aromatic amines is 1. The highest BCUT2D eigenvalue weighted by Gasteiger charge is 2.22. The lowest BCUT2D eigenvalue weighted by molar-refractivity contribution is 0.0588. The number of nitrogens with zero attached hydrogens (tertiary/aromatic N) is 2. The van der Waals surface area contributed by atoms with Crippen molar-refractivity contribution in [2.45, 2.75) is 26.4 Å². The van der Waals surface area contributed by atoms with Crippen molar-refractivity contribution in [3.8, 4) is 0 Å². The molecule has 0 unspecified atom stereocenters. The molecule has 1 heterocycles.